The number of hydrogen-bond donors (Lipinski definition) is 0. The largest absolute Gasteiger partial charge is 0.444 e. The number of likely N-dealkylation sites (tertiary alicyclic amines) is 1. The average molecular weight is 324 g/mol. The molecule has 86 valence electrons. The standard InChI is InChI=1S/C11H18INO2/c1-10(2,3)15-9(14)13-6-11(7-13)4-8(12)5-11/h8H,4-7H2,1-3H3/i8D. The molecular weight excluding hydrogens is 305 g/mol. The summed E-state index contributed by atoms with van der Waals surface area (Å²) in [6.45, 7) is 7.17. The van der Waals surface area contributed by atoms with Gasteiger partial charge in [-0.05, 0) is 33.6 Å². The third-order valence-electron chi connectivity index (χ3n) is 2.84. The van der Waals surface area contributed by atoms with Crippen molar-refractivity contribution in [2.24, 2.45) is 5.41 Å². The van der Waals surface area contributed by atoms with E-state index in [0.717, 1.165) is 25.9 Å². The summed E-state index contributed by atoms with van der Waals surface area (Å²) in [6, 6.07) is 0. The van der Waals surface area contributed by atoms with Crippen LogP contribution in [-0.4, -0.2) is 33.6 Å². The van der Waals surface area contributed by atoms with Gasteiger partial charge in [0, 0.05) is 23.8 Å². The van der Waals surface area contributed by atoms with E-state index in [0.29, 0.717) is 0 Å². The van der Waals surface area contributed by atoms with Crippen LogP contribution < -0.4 is 0 Å². The highest BCUT2D eigenvalue weighted by molar-refractivity contribution is 14.1. The lowest BCUT2D eigenvalue weighted by molar-refractivity contribution is -0.0640. The van der Waals surface area contributed by atoms with Crippen molar-refractivity contribution < 1.29 is 10.9 Å². The molecule has 1 spiro atoms. The van der Waals surface area contributed by atoms with Crippen LogP contribution in [-0.2, 0) is 4.74 Å². The van der Waals surface area contributed by atoms with Crippen molar-refractivity contribution in [3.63, 3.8) is 0 Å². The molecule has 15 heavy (non-hydrogen) atoms. The molecule has 0 radical (unpaired) electrons. The molecular formula is C11H18INO2. The van der Waals surface area contributed by atoms with Crippen molar-refractivity contribution in [2.45, 2.75) is 43.1 Å². The molecule has 3 nitrogen and oxygen atoms in total. The molecule has 1 saturated carbocycles. The van der Waals surface area contributed by atoms with E-state index in [1.54, 1.807) is 4.90 Å². The Morgan fingerprint density at radius 1 is 1.53 bits per heavy atom. The zero-order valence-electron chi connectivity index (χ0n) is 10.5. The average Bonchev–Trinajstić information content (AvgIpc) is 1.90. The fraction of sp³-hybridized carbons (Fsp3) is 0.909. The van der Waals surface area contributed by atoms with Gasteiger partial charge in [0.1, 0.15) is 5.60 Å². The molecule has 1 heterocycles. The molecule has 4 heteroatoms. The van der Waals surface area contributed by atoms with Crippen LogP contribution in [0.5, 0.6) is 0 Å². The minimum absolute atomic E-state index is 0.214. The Hall–Kier alpha value is 0. The lowest BCUT2D eigenvalue weighted by Gasteiger charge is -2.57. The van der Waals surface area contributed by atoms with Crippen LogP contribution in [0.1, 0.15) is 35.0 Å². The quantitative estimate of drug-likeness (QED) is 0.507. The molecule has 0 N–H and O–H groups in total. The summed E-state index contributed by atoms with van der Waals surface area (Å²) in [4.78, 5) is 13.4. The van der Waals surface area contributed by atoms with Crippen molar-refractivity contribution in [2.75, 3.05) is 13.1 Å². The van der Waals surface area contributed by atoms with Gasteiger partial charge >= 0.3 is 6.09 Å². The third kappa shape index (κ3) is 2.40. The number of alkyl halides is 1. The zero-order chi connectivity index (χ0) is 12.2. The van der Waals surface area contributed by atoms with Crippen LogP contribution in [0.15, 0.2) is 0 Å². The Balaban J connectivity index is 1.79. The molecule has 0 atom stereocenters. The number of amides is 1. The second-order valence-corrected chi connectivity index (χ2v) is 7.23. The summed E-state index contributed by atoms with van der Waals surface area (Å²) in [5.41, 5.74) is -0.179. The third-order valence-corrected chi connectivity index (χ3v) is 3.60. The maximum Gasteiger partial charge on any atom is 0.410 e. The van der Waals surface area contributed by atoms with E-state index in [1.807, 2.05) is 20.8 Å². The van der Waals surface area contributed by atoms with Gasteiger partial charge in [-0.15, -0.1) is 0 Å². The fourth-order valence-electron chi connectivity index (χ4n) is 2.20. The van der Waals surface area contributed by atoms with Crippen molar-refractivity contribution in [3.8, 4) is 0 Å². The van der Waals surface area contributed by atoms with E-state index in [-0.39, 0.29) is 15.4 Å². The lowest BCUT2D eigenvalue weighted by atomic mass is 9.64. The predicted octanol–water partition coefficient (Wildman–Crippen LogP) is 2.82. The first-order valence-electron chi connectivity index (χ1n) is 5.78. The first-order chi connectivity index (χ1) is 7.11. The first-order valence-corrected chi connectivity index (χ1v) is 6.36. The van der Waals surface area contributed by atoms with Gasteiger partial charge in [0.25, 0.3) is 0 Å². The van der Waals surface area contributed by atoms with Crippen LogP contribution in [0.2, 0.25) is 0 Å². The van der Waals surface area contributed by atoms with Crippen LogP contribution in [0.25, 0.3) is 0 Å². The van der Waals surface area contributed by atoms with Gasteiger partial charge in [-0.1, -0.05) is 22.6 Å². The van der Waals surface area contributed by atoms with Crippen LogP contribution in [0, 0.1) is 5.41 Å². The summed E-state index contributed by atoms with van der Waals surface area (Å²) in [5, 5.41) is 0. The molecule has 1 amide bonds. The predicted molar refractivity (Wildman–Crippen MR) is 67.3 cm³/mol. The van der Waals surface area contributed by atoms with Crippen molar-refractivity contribution >= 4 is 28.7 Å². The number of carbonyl (C=O) groups is 1. The van der Waals surface area contributed by atoms with E-state index in [2.05, 4.69) is 22.6 Å². The maximum absolute atomic E-state index is 11.7. The second kappa shape index (κ2) is 3.50. The number of halogens is 1. The van der Waals surface area contributed by atoms with Gasteiger partial charge in [-0.25, -0.2) is 4.79 Å². The zero-order valence-corrected chi connectivity index (χ0v) is 11.6. The van der Waals surface area contributed by atoms with E-state index >= 15 is 0 Å². The summed E-state index contributed by atoms with van der Waals surface area (Å²) in [5.74, 6) is 0. The molecule has 0 bridgehead atoms. The number of ether oxygens (including phenoxy) is 1. The summed E-state index contributed by atoms with van der Waals surface area (Å²) < 4.78 is 12.8. The molecule has 2 aliphatic rings. The van der Waals surface area contributed by atoms with Crippen molar-refractivity contribution in [1.29, 1.82) is 0 Å². The summed E-state index contributed by atoms with van der Waals surface area (Å²) in [6.07, 6.45) is 1.59. The number of hydrogen-bond acceptors (Lipinski definition) is 2. The van der Waals surface area contributed by atoms with Gasteiger partial charge in [0.15, 0.2) is 0 Å². The van der Waals surface area contributed by atoms with Crippen LogP contribution >= 0.6 is 22.6 Å². The number of rotatable bonds is 0. The normalized spacial score (nSPS) is 27.7. The fourth-order valence-corrected chi connectivity index (χ4v) is 3.82. The Labute approximate surface area is 106 Å². The Bertz CT molecular complexity index is 308. The molecule has 2 fully saturated rings. The van der Waals surface area contributed by atoms with E-state index in [9.17, 15) is 4.79 Å². The first kappa shape index (κ1) is 10.2. The van der Waals surface area contributed by atoms with E-state index in [4.69, 9.17) is 6.11 Å². The second-order valence-electron chi connectivity index (χ2n) is 5.71. The molecule has 0 aromatic carbocycles. The number of carbonyl (C=O) groups excluding carboxylic acids is 1. The molecule has 1 aliphatic heterocycles. The lowest BCUT2D eigenvalue weighted by Crippen LogP contribution is -2.64. The topological polar surface area (TPSA) is 29.5 Å². The van der Waals surface area contributed by atoms with E-state index in [1.165, 1.54) is 0 Å². The molecule has 0 unspecified atom stereocenters. The van der Waals surface area contributed by atoms with Crippen molar-refractivity contribution in [3.05, 3.63) is 0 Å². The minimum atomic E-state index is -0.415. The Kier molecular flexibility index (Phi) is 2.37. The Morgan fingerprint density at radius 2 is 2.07 bits per heavy atom. The molecule has 1 aliphatic carbocycles. The van der Waals surface area contributed by atoms with Crippen LogP contribution in [0.4, 0.5) is 4.79 Å². The van der Waals surface area contributed by atoms with Crippen molar-refractivity contribution in [1.82, 2.24) is 4.90 Å². The van der Waals surface area contributed by atoms with Gasteiger partial charge in [0.2, 0.25) is 0 Å². The smallest absolute Gasteiger partial charge is 0.410 e. The maximum atomic E-state index is 11.7. The molecule has 1 saturated heterocycles. The highest BCUT2D eigenvalue weighted by Gasteiger charge is 2.53. The Morgan fingerprint density at radius 3 is 2.47 bits per heavy atom. The van der Waals surface area contributed by atoms with Crippen LogP contribution in [0.3, 0.4) is 0 Å². The summed E-state index contributed by atoms with van der Waals surface area (Å²) in [7, 11) is 0. The number of nitrogens with zero attached hydrogens (tertiary/aromatic N) is 1. The van der Waals surface area contributed by atoms with Gasteiger partial charge in [-0.3, -0.25) is 0 Å². The molecule has 0 aromatic rings. The SMILES string of the molecule is [2H]C1(I)CC2(CN(C(=O)OC(C)(C)C)C2)C1. The highest BCUT2D eigenvalue weighted by atomic mass is 127. The summed E-state index contributed by atoms with van der Waals surface area (Å²) >= 11 is 2.19. The minimum Gasteiger partial charge on any atom is -0.444 e. The van der Waals surface area contributed by atoms with Gasteiger partial charge in [-0.2, -0.15) is 0 Å². The molecule has 0 aromatic heterocycles. The van der Waals surface area contributed by atoms with Gasteiger partial charge < -0.3 is 9.64 Å². The van der Waals surface area contributed by atoms with Gasteiger partial charge in [0.05, 0.1) is 0 Å². The molecule has 2 rings (SSSR count). The monoisotopic (exact) mass is 324 g/mol. The highest BCUT2D eigenvalue weighted by Crippen LogP contribution is 2.51. The van der Waals surface area contributed by atoms with E-state index < -0.39 is 5.60 Å².